The standard InChI is InChI=1S/C28H31N3O4S/c32-36(33,24-8-2-1-3-9-24)31-23(14-13-22-7-4-5-10-25(22)31)21-29-15-17-30(18-16-29)26-11-6-12-27-28(26)35-20-19-34-27/h1-12,23H,13-21H2. The molecular weight excluding hydrogens is 474 g/mol. The summed E-state index contributed by atoms with van der Waals surface area (Å²) in [5, 5.41) is 0. The largest absolute Gasteiger partial charge is 0.486 e. The van der Waals surface area contributed by atoms with E-state index in [9.17, 15) is 8.42 Å². The van der Waals surface area contributed by atoms with E-state index < -0.39 is 10.0 Å². The third-order valence-corrected chi connectivity index (χ3v) is 9.22. The van der Waals surface area contributed by atoms with Crippen LogP contribution in [0, 0.1) is 0 Å². The van der Waals surface area contributed by atoms with Crippen molar-refractivity contribution >= 4 is 21.4 Å². The predicted octanol–water partition coefficient (Wildman–Crippen LogP) is 3.79. The lowest BCUT2D eigenvalue weighted by Crippen LogP contribution is -2.54. The number of fused-ring (bicyclic) bond motifs is 2. The summed E-state index contributed by atoms with van der Waals surface area (Å²) in [5.74, 6) is 1.64. The number of rotatable bonds is 5. The van der Waals surface area contributed by atoms with Crippen molar-refractivity contribution in [3.05, 3.63) is 78.4 Å². The molecule has 3 aromatic rings. The summed E-state index contributed by atoms with van der Waals surface area (Å²) in [6.45, 7) is 5.30. The van der Waals surface area contributed by atoms with Gasteiger partial charge in [-0.25, -0.2) is 8.42 Å². The number of hydrogen-bond donors (Lipinski definition) is 0. The molecule has 0 aliphatic carbocycles. The van der Waals surface area contributed by atoms with Crippen molar-refractivity contribution in [3.8, 4) is 11.5 Å². The van der Waals surface area contributed by atoms with Crippen LogP contribution in [0.5, 0.6) is 11.5 Å². The zero-order chi connectivity index (χ0) is 24.5. The van der Waals surface area contributed by atoms with E-state index in [0.29, 0.717) is 24.7 Å². The molecule has 1 atom stereocenters. The molecule has 0 N–H and O–H groups in total. The van der Waals surface area contributed by atoms with Crippen LogP contribution < -0.4 is 18.7 Å². The van der Waals surface area contributed by atoms with Crippen molar-refractivity contribution in [2.24, 2.45) is 0 Å². The Hall–Kier alpha value is -3.23. The Kier molecular flexibility index (Phi) is 6.23. The van der Waals surface area contributed by atoms with Crippen LogP contribution in [0.1, 0.15) is 12.0 Å². The highest BCUT2D eigenvalue weighted by Gasteiger charge is 2.37. The molecule has 3 aliphatic rings. The minimum Gasteiger partial charge on any atom is -0.486 e. The summed E-state index contributed by atoms with van der Waals surface area (Å²) in [6.07, 6.45) is 1.69. The minimum absolute atomic E-state index is 0.113. The number of anilines is 2. The van der Waals surface area contributed by atoms with Gasteiger partial charge in [-0.1, -0.05) is 42.5 Å². The highest BCUT2D eigenvalue weighted by molar-refractivity contribution is 7.92. The van der Waals surface area contributed by atoms with E-state index in [1.807, 2.05) is 42.5 Å². The smallest absolute Gasteiger partial charge is 0.264 e. The Balaban J connectivity index is 1.21. The van der Waals surface area contributed by atoms with Gasteiger partial charge in [0, 0.05) is 32.7 Å². The van der Waals surface area contributed by atoms with E-state index in [-0.39, 0.29) is 6.04 Å². The second-order valence-corrected chi connectivity index (χ2v) is 11.3. The van der Waals surface area contributed by atoms with Gasteiger partial charge in [-0.05, 0) is 48.7 Å². The molecule has 1 saturated heterocycles. The molecule has 0 radical (unpaired) electrons. The van der Waals surface area contributed by atoms with Gasteiger partial charge in [0.2, 0.25) is 0 Å². The van der Waals surface area contributed by atoms with E-state index in [4.69, 9.17) is 9.47 Å². The van der Waals surface area contributed by atoms with Crippen LogP contribution in [-0.2, 0) is 16.4 Å². The van der Waals surface area contributed by atoms with Crippen LogP contribution in [0.4, 0.5) is 11.4 Å². The second-order valence-electron chi connectivity index (χ2n) is 9.52. The average Bonchev–Trinajstić information content (AvgIpc) is 2.93. The van der Waals surface area contributed by atoms with Gasteiger partial charge in [-0.2, -0.15) is 0 Å². The fourth-order valence-corrected chi connectivity index (χ4v) is 7.28. The summed E-state index contributed by atoms with van der Waals surface area (Å²) in [6, 6.07) is 22.7. The summed E-state index contributed by atoms with van der Waals surface area (Å²) >= 11 is 0. The molecule has 7 nitrogen and oxygen atoms in total. The molecule has 0 aromatic heterocycles. The summed E-state index contributed by atoms with van der Waals surface area (Å²) < 4.78 is 41.1. The number of nitrogens with zero attached hydrogens (tertiary/aromatic N) is 3. The Bertz CT molecular complexity index is 1320. The molecule has 1 unspecified atom stereocenters. The number of benzene rings is 3. The number of hydrogen-bond acceptors (Lipinski definition) is 6. The maximum atomic E-state index is 13.8. The third kappa shape index (κ3) is 4.29. The number of para-hydroxylation sites is 2. The number of sulfonamides is 1. The second kappa shape index (κ2) is 9.67. The van der Waals surface area contributed by atoms with Gasteiger partial charge in [0.15, 0.2) is 11.5 Å². The summed E-state index contributed by atoms with van der Waals surface area (Å²) in [7, 11) is -3.67. The van der Waals surface area contributed by atoms with E-state index in [2.05, 4.69) is 15.9 Å². The highest BCUT2D eigenvalue weighted by atomic mass is 32.2. The van der Waals surface area contributed by atoms with Crippen molar-refractivity contribution in [2.45, 2.75) is 23.8 Å². The van der Waals surface area contributed by atoms with Crippen LogP contribution in [0.15, 0.2) is 77.7 Å². The number of piperazine rings is 1. The first-order chi connectivity index (χ1) is 17.6. The first kappa shape index (κ1) is 23.2. The molecule has 0 bridgehead atoms. The van der Waals surface area contributed by atoms with Crippen molar-refractivity contribution in [1.82, 2.24) is 4.90 Å². The maximum Gasteiger partial charge on any atom is 0.264 e. The Morgan fingerprint density at radius 3 is 2.33 bits per heavy atom. The normalized spacial score (nSPS) is 20.2. The number of ether oxygens (including phenoxy) is 2. The zero-order valence-electron chi connectivity index (χ0n) is 20.3. The monoisotopic (exact) mass is 505 g/mol. The van der Waals surface area contributed by atoms with Crippen molar-refractivity contribution < 1.29 is 17.9 Å². The fourth-order valence-electron chi connectivity index (χ4n) is 5.55. The quantitative estimate of drug-likeness (QED) is 0.526. The lowest BCUT2D eigenvalue weighted by Gasteiger charge is -2.43. The van der Waals surface area contributed by atoms with Gasteiger partial charge in [0.25, 0.3) is 10.0 Å². The van der Waals surface area contributed by atoms with Crippen LogP contribution in [0.2, 0.25) is 0 Å². The van der Waals surface area contributed by atoms with Crippen LogP contribution in [-0.4, -0.2) is 65.3 Å². The Morgan fingerprint density at radius 2 is 1.50 bits per heavy atom. The van der Waals surface area contributed by atoms with Gasteiger partial charge >= 0.3 is 0 Å². The van der Waals surface area contributed by atoms with Crippen LogP contribution in [0.3, 0.4) is 0 Å². The molecule has 3 aromatic carbocycles. The molecule has 3 aliphatic heterocycles. The van der Waals surface area contributed by atoms with Gasteiger partial charge in [-0.15, -0.1) is 0 Å². The zero-order valence-corrected chi connectivity index (χ0v) is 21.1. The van der Waals surface area contributed by atoms with E-state index >= 15 is 0 Å². The molecule has 6 rings (SSSR count). The predicted molar refractivity (Wildman–Crippen MR) is 141 cm³/mol. The van der Waals surface area contributed by atoms with Gasteiger partial charge < -0.3 is 14.4 Å². The number of aryl methyl sites for hydroxylation is 1. The van der Waals surface area contributed by atoms with Crippen molar-refractivity contribution in [2.75, 3.05) is 55.1 Å². The van der Waals surface area contributed by atoms with Crippen LogP contribution in [0.25, 0.3) is 0 Å². The maximum absolute atomic E-state index is 13.8. The lowest BCUT2D eigenvalue weighted by atomic mass is 9.97. The fraction of sp³-hybridized carbons (Fsp3) is 0.357. The molecule has 0 amide bonds. The first-order valence-corrected chi connectivity index (χ1v) is 14.1. The van der Waals surface area contributed by atoms with Crippen molar-refractivity contribution in [1.29, 1.82) is 0 Å². The minimum atomic E-state index is -3.67. The van der Waals surface area contributed by atoms with Crippen molar-refractivity contribution in [3.63, 3.8) is 0 Å². The molecule has 8 heteroatoms. The third-order valence-electron chi connectivity index (χ3n) is 7.33. The molecule has 3 heterocycles. The van der Waals surface area contributed by atoms with Gasteiger partial charge in [0.05, 0.1) is 22.3 Å². The molecule has 0 saturated carbocycles. The van der Waals surface area contributed by atoms with Gasteiger partial charge in [-0.3, -0.25) is 9.21 Å². The summed E-state index contributed by atoms with van der Waals surface area (Å²) in [4.78, 5) is 5.08. The Morgan fingerprint density at radius 1 is 0.778 bits per heavy atom. The van der Waals surface area contributed by atoms with Crippen LogP contribution >= 0.6 is 0 Å². The van der Waals surface area contributed by atoms with E-state index in [1.54, 1.807) is 28.6 Å². The molecule has 36 heavy (non-hydrogen) atoms. The highest BCUT2D eigenvalue weighted by Crippen LogP contribution is 2.40. The SMILES string of the molecule is O=S(=O)(c1ccccc1)N1c2ccccc2CCC1CN1CCN(c2cccc3c2OCCO3)CC1. The van der Waals surface area contributed by atoms with E-state index in [1.165, 1.54) is 0 Å². The Labute approximate surface area is 212 Å². The topological polar surface area (TPSA) is 62.3 Å². The summed E-state index contributed by atoms with van der Waals surface area (Å²) in [5.41, 5.74) is 2.98. The molecular formula is C28H31N3O4S. The lowest BCUT2D eigenvalue weighted by molar-refractivity contribution is 0.171. The average molecular weight is 506 g/mol. The van der Waals surface area contributed by atoms with Gasteiger partial charge in [0.1, 0.15) is 13.2 Å². The van der Waals surface area contributed by atoms with E-state index in [0.717, 1.165) is 67.5 Å². The molecule has 188 valence electrons. The molecule has 0 spiro atoms. The first-order valence-electron chi connectivity index (χ1n) is 12.6. The molecule has 1 fully saturated rings.